The molecule has 0 spiro atoms. The minimum Gasteiger partial charge on any atom is -0.477 e. The standard InChI is InChI=1S/C14H15NO2/c1-2-11-5-7-12(8-6-11)10-15-9-3-4-13(15)14(16)17/h3-9H,2,10H2,1H3,(H,16,17). The Kier molecular flexibility index (Phi) is 3.28. The van der Waals surface area contributed by atoms with E-state index in [2.05, 4.69) is 19.1 Å². The highest BCUT2D eigenvalue weighted by molar-refractivity contribution is 5.85. The highest BCUT2D eigenvalue weighted by atomic mass is 16.4. The van der Waals surface area contributed by atoms with E-state index in [0.717, 1.165) is 12.0 Å². The van der Waals surface area contributed by atoms with Gasteiger partial charge in [-0.15, -0.1) is 0 Å². The average Bonchev–Trinajstić information content (AvgIpc) is 2.78. The van der Waals surface area contributed by atoms with Crippen molar-refractivity contribution in [3.63, 3.8) is 0 Å². The molecule has 0 aliphatic heterocycles. The van der Waals surface area contributed by atoms with Gasteiger partial charge in [-0.3, -0.25) is 0 Å². The number of hydrogen-bond acceptors (Lipinski definition) is 1. The second-order valence-electron chi connectivity index (χ2n) is 4.00. The number of aromatic nitrogens is 1. The van der Waals surface area contributed by atoms with Gasteiger partial charge < -0.3 is 9.67 Å². The largest absolute Gasteiger partial charge is 0.477 e. The van der Waals surface area contributed by atoms with Gasteiger partial charge in [-0.05, 0) is 29.7 Å². The highest BCUT2D eigenvalue weighted by Gasteiger charge is 2.08. The molecule has 1 aromatic heterocycles. The molecule has 0 unspecified atom stereocenters. The molecule has 3 heteroatoms. The summed E-state index contributed by atoms with van der Waals surface area (Å²) in [6, 6.07) is 11.6. The molecular weight excluding hydrogens is 214 g/mol. The molecule has 1 heterocycles. The van der Waals surface area contributed by atoms with Crippen LogP contribution in [0, 0.1) is 0 Å². The number of aromatic carboxylic acids is 1. The quantitative estimate of drug-likeness (QED) is 0.876. The third kappa shape index (κ3) is 2.56. The normalized spacial score (nSPS) is 10.4. The Morgan fingerprint density at radius 2 is 1.82 bits per heavy atom. The predicted molar refractivity (Wildman–Crippen MR) is 66.3 cm³/mol. The van der Waals surface area contributed by atoms with Gasteiger partial charge in [0.2, 0.25) is 0 Å². The number of carbonyl (C=O) groups is 1. The molecule has 0 atom stereocenters. The van der Waals surface area contributed by atoms with Crippen LogP contribution in [0.1, 0.15) is 28.5 Å². The number of aryl methyl sites for hydroxylation is 1. The summed E-state index contributed by atoms with van der Waals surface area (Å²) in [6.45, 7) is 2.71. The Morgan fingerprint density at radius 3 is 2.41 bits per heavy atom. The van der Waals surface area contributed by atoms with Crippen molar-refractivity contribution in [3.8, 4) is 0 Å². The van der Waals surface area contributed by atoms with Crippen LogP contribution in [0.3, 0.4) is 0 Å². The van der Waals surface area contributed by atoms with Crippen LogP contribution in [0.2, 0.25) is 0 Å². The minimum atomic E-state index is -0.889. The number of nitrogens with zero attached hydrogens (tertiary/aromatic N) is 1. The molecule has 0 saturated carbocycles. The Morgan fingerprint density at radius 1 is 1.18 bits per heavy atom. The maximum absolute atomic E-state index is 11.0. The van der Waals surface area contributed by atoms with Crippen molar-refractivity contribution in [1.29, 1.82) is 0 Å². The summed E-state index contributed by atoms with van der Waals surface area (Å²) in [7, 11) is 0. The monoisotopic (exact) mass is 229 g/mol. The van der Waals surface area contributed by atoms with E-state index in [-0.39, 0.29) is 0 Å². The summed E-state index contributed by atoms with van der Waals surface area (Å²) in [4.78, 5) is 11.0. The van der Waals surface area contributed by atoms with Gasteiger partial charge in [0, 0.05) is 12.7 Å². The number of hydrogen-bond donors (Lipinski definition) is 1. The first-order valence-electron chi connectivity index (χ1n) is 5.67. The number of carboxylic acids is 1. The van der Waals surface area contributed by atoms with Crippen LogP contribution in [0.25, 0.3) is 0 Å². The minimum absolute atomic E-state index is 0.324. The molecule has 0 aliphatic carbocycles. The smallest absolute Gasteiger partial charge is 0.352 e. The summed E-state index contributed by atoms with van der Waals surface area (Å²) in [5.41, 5.74) is 2.73. The van der Waals surface area contributed by atoms with Crippen molar-refractivity contribution < 1.29 is 9.90 Å². The van der Waals surface area contributed by atoms with Gasteiger partial charge in [-0.25, -0.2) is 4.79 Å². The Labute approximate surface area is 100 Å². The molecule has 3 nitrogen and oxygen atoms in total. The second-order valence-corrected chi connectivity index (χ2v) is 4.00. The number of carboxylic acid groups (broad SMARTS) is 1. The van der Waals surface area contributed by atoms with Crippen LogP contribution in [-0.4, -0.2) is 15.6 Å². The Hall–Kier alpha value is -2.03. The molecule has 0 aliphatic rings. The summed E-state index contributed by atoms with van der Waals surface area (Å²) < 4.78 is 1.74. The van der Waals surface area contributed by atoms with Gasteiger partial charge in [0.05, 0.1) is 0 Å². The van der Waals surface area contributed by atoms with Crippen LogP contribution in [0.4, 0.5) is 0 Å². The molecule has 0 bridgehead atoms. The van der Waals surface area contributed by atoms with E-state index in [1.807, 2.05) is 12.1 Å². The van der Waals surface area contributed by atoms with Crippen molar-refractivity contribution in [3.05, 3.63) is 59.4 Å². The maximum Gasteiger partial charge on any atom is 0.352 e. The Bertz CT molecular complexity index is 511. The van der Waals surface area contributed by atoms with Crippen LogP contribution >= 0.6 is 0 Å². The molecule has 2 rings (SSSR count). The zero-order chi connectivity index (χ0) is 12.3. The van der Waals surface area contributed by atoms with Crippen molar-refractivity contribution in [2.75, 3.05) is 0 Å². The van der Waals surface area contributed by atoms with E-state index in [1.54, 1.807) is 22.9 Å². The fourth-order valence-corrected chi connectivity index (χ4v) is 1.82. The molecule has 0 radical (unpaired) electrons. The van der Waals surface area contributed by atoms with Crippen molar-refractivity contribution in [2.24, 2.45) is 0 Å². The summed E-state index contributed by atoms with van der Waals surface area (Å²) in [6.07, 6.45) is 2.81. The SMILES string of the molecule is CCc1ccc(Cn2cccc2C(=O)O)cc1. The third-order valence-electron chi connectivity index (χ3n) is 2.83. The lowest BCUT2D eigenvalue weighted by Gasteiger charge is -2.07. The third-order valence-corrected chi connectivity index (χ3v) is 2.83. The van der Waals surface area contributed by atoms with Gasteiger partial charge in [0.1, 0.15) is 5.69 Å². The summed E-state index contributed by atoms with van der Waals surface area (Å²) >= 11 is 0. The van der Waals surface area contributed by atoms with E-state index in [4.69, 9.17) is 5.11 Å². The van der Waals surface area contributed by atoms with Gasteiger partial charge in [-0.1, -0.05) is 31.2 Å². The van der Waals surface area contributed by atoms with Crippen LogP contribution in [0.15, 0.2) is 42.6 Å². The van der Waals surface area contributed by atoms with Gasteiger partial charge in [-0.2, -0.15) is 0 Å². The molecule has 2 aromatic rings. The van der Waals surface area contributed by atoms with Gasteiger partial charge in [0.15, 0.2) is 0 Å². The molecule has 0 saturated heterocycles. The van der Waals surface area contributed by atoms with Crippen LogP contribution in [-0.2, 0) is 13.0 Å². The second kappa shape index (κ2) is 4.87. The first-order valence-corrected chi connectivity index (χ1v) is 5.67. The molecule has 0 fully saturated rings. The first kappa shape index (κ1) is 11.5. The zero-order valence-electron chi connectivity index (χ0n) is 9.76. The van der Waals surface area contributed by atoms with E-state index in [0.29, 0.717) is 12.2 Å². The number of rotatable bonds is 4. The highest BCUT2D eigenvalue weighted by Crippen LogP contribution is 2.10. The van der Waals surface area contributed by atoms with E-state index in [1.165, 1.54) is 5.56 Å². The lowest BCUT2D eigenvalue weighted by Crippen LogP contribution is -2.08. The fourth-order valence-electron chi connectivity index (χ4n) is 1.82. The lowest BCUT2D eigenvalue weighted by atomic mass is 10.1. The first-order chi connectivity index (χ1) is 8.20. The van der Waals surface area contributed by atoms with E-state index < -0.39 is 5.97 Å². The van der Waals surface area contributed by atoms with Crippen molar-refractivity contribution in [1.82, 2.24) is 4.57 Å². The van der Waals surface area contributed by atoms with E-state index >= 15 is 0 Å². The molecule has 1 N–H and O–H groups in total. The van der Waals surface area contributed by atoms with Gasteiger partial charge in [0.25, 0.3) is 0 Å². The predicted octanol–water partition coefficient (Wildman–Crippen LogP) is 2.80. The fraction of sp³-hybridized carbons (Fsp3) is 0.214. The average molecular weight is 229 g/mol. The number of benzene rings is 1. The van der Waals surface area contributed by atoms with Crippen molar-refractivity contribution in [2.45, 2.75) is 19.9 Å². The molecule has 0 amide bonds. The molecule has 17 heavy (non-hydrogen) atoms. The molecule has 1 aromatic carbocycles. The maximum atomic E-state index is 11.0. The molecular formula is C14H15NO2. The Balaban J connectivity index is 2.19. The topological polar surface area (TPSA) is 42.2 Å². The van der Waals surface area contributed by atoms with Crippen LogP contribution in [0.5, 0.6) is 0 Å². The summed E-state index contributed by atoms with van der Waals surface area (Å²) in [5, 5.41) is 8.99. The summed E-state index contributed by atoms with van der Waals surface area (Å²) in [5.74, 6) is -0.889. The molecule has 88 valence electrons. The van der Waals surface area contributed by atoms with Crippen LogP contribution < -0.4 is 0 Å². The lowest BCUT2D eigenvalue weighted by molar-refractivity contribution is 0.0685. The van der Waals surface area contributed by atoms with Gasteiger partial charge >= 0.3 is 5.97 Å². The van der Waals surface area contributed by atoms with E-state index in [9.17, 15) is 4.79 Å². The van der Waals surface area contributed by atoms with Crippen molar-refractivity contribution >= 4 is 5.97 Å². The zero-order valence-corrected chi connectivity index (χ0v) is 9.76.